The molecule has 0 amide bonds. The Morgan fingerprint density at radius 2 is 2.30 bits per heavy atom. The summed E-state index contributed by atoms with van der Waals surface area (Å²) >= 11 is 0. The molecule has 2 unspecified atom stereocenters. The van der Waals surface area contributed by atoms with Gasteiger partial charge < -0.3 is 4.74 Å². The van der Waals surface area contributed by atoms with Crippen LogP contribution >= 0.6 is 0 Å². The van der Waals surface area contributed by atoms with Gasteiger partial charge in [-0.2, -0.15) is 5.10 Å². The Morgan fingerprint density at radius 1 is 1.55 bits per heavy atom. The molecule has 20 heavy (non-hydrogen) atoms. The minimum atomic E-state index is -3.62. The van der Waals surface area contributed by atoms with Gasteiger partial charge in [-0.15, -0.1) is 0 Å². The third-order valence-electron chi connectivity index (χ3n) is 3.57. The Labute approximate surface area is 118 Å². The summed E-state index contributed by atoms with van der Waals surface area (Å²) in [5.74, 6) is -1.04. The lowest BCUT2D eigenvalue weighted by Crippen LogP contribution is -2.35. The highest BCUT2D eigenvalue weighted by molar-refractivity contribution is 7.93. The van der Waals surface area contributed by atoms with E-state index in [0.717, 1.165) is 0 Å². The van der Waals surface area contributed by atoms with Crippen molar-refractivity contribution >= 4 is 21.7 Å². The van der Waals surface area contributed by atoms with Gasteiger partial charge >= 0.3 is 5.97 Å². The van der Waals surface area contributed by atoms with Crippen LogP contribution in [0.1, 0.15) is 26.2 Å². The van der Waals surface area contributed by atoms with Gasteiger partial charge in [0.15, 0.2) is 0 Å². The first kappa shape index (κ1) is 14.8. The van der Waals surface area contributed by atoms with Crippen molar-refractivity contribution in [2.45, 2.75) is 38.0 Å². The molecule has 0 spiro atoms. The average molecular weight is 301 g/mol. The number of ether oxygens (including phenoxy) is 1. The normalized spacial score (nSPS) is 22.7. The molecule has 7 nitrogen and oxygen atoms in total. The lowest BCUT2D eigenvalue weighted by atomic mass is 10.1. The van der Waals surface area contributed by atoms with Crippen LogP contribution in [0.5, 0.6) is 0 Å². The maximum atomic E-state index is 12.4. The second kappa shape index (κ2) is 5.82. The predicted octanol–water partition coefficient (Wildman–Crippen LogP) is 0.986. The van der Waals surface area contributed by atoms with Crippen LogP contribution in [0.25, 0.3) is 0 Å². The van der Waals surface area contributed by atoms with E-state index in [-0.39, 0.29) is 0 Å². The molecule has 0 radical (unpaired) electrons. The fourth-order valence-corrected chi connectivity index (χ4v) is 4.29. The third kappa shape index (κ3) is 2.95. The van der Waals surface area contributed by atoms with Crippen molar-refractivity contribution < 1.29 is 17.9 Å². The molecule has 0 saturated heterocycles. The molecule has 1 aromatic rings. The molecule has 1 aliphatic carbocycles. The van der Waals surface area contributed by atoms with Crippen LogP contribution in [0.2, 0.25) is 0 Å². The molecule has 0 aliphatic heterocycles. The monoisotopic (exact) mass is 301 g/mol. The molecule has 1 N–H and O–H groups in total. The molecular formula is C12H19N3O4S. The number of aryl methyl sites for hydroxylation is 1. The van der Waals surface area contributed by atoms with Gasteiger partial charge in [0.25, 0.3) is 0 Å². The molecule has 2 atom stereocenters. The first-order valence-corrected chi connectivity index (χ1v) is 8.14. The predicted molar refractivity (Wildman–Crippen MR) is 73.6 cm³/mol. The summed E-state index contributed by atoms with van der Waals surface area (Å²) in [4.78, 5) is 11.6. The van der Waals surface area contributed by atoms with Crippen molar-refractivity contribution in [3.8, 4) is 0 Å². The van der Waals surface area contributed by atoms with E-state index in [1.54, 1.807) is 10.9 Å². The molecule has 1 heterocycles. The van der Waals surface area contributed by atoms with Crippen molar-refractivity contribution in [3.05, 3.63) is 12.4 Å². The molecule has 8 heteroatoms. The van der Waals surface area contributed by atoms with Gasteiger partial charge in [0.2, 0.25) is 10.0 Å². The Balaban J connectivity index is 2.15. The van der Waals surface area contributed by atoms with Crippen LogP contribution < -0.4 is 4.72 Å². The summed E-state index contributed by atoms with van der Waals surface area (Å²) in [6.45, 7) is 2.57. The van der Waals surface area contributed by atoms with Crippen LogP contribution in [0.3, 0.4) is 0 Å². The molecule has 2 rings (SSSR count). The minimum Gasteiger partial charge on any atom is -0.469 e. The van der Waals surface area contributed by atoms with Crippen LogP contribution in [-0.2, 0) is 26.1 Å². The fourth-order valence-electron chi connectivity index (χ4n) is 2.55. The summed E-state index contributed by atoms with van der Waals surface area (Å²) in [5, 5.41) is 3.28. The Bertz CT molecular complexity index is 581. The Hall–Kier alpha value is -1.57. The van der Waals surface area contributed by atoms with Gasteiger partial charge in [-0.25, -0.2) is 8.42 Å². The van der Waals surface area contributed by atoms with E-state index < -0.39 is 27.2 Å². The van der Waals surface area contributed by atoms with Gasteiger partial charge in [-0.05, 0) is 19.8 Å². The highest BCUT2D eigenvalue weighted by atomic mass is 32.2. The topological polar surface area (TPSA) is 90.3 Å². The first-order valence-electron chi connectivity index (χ1n) is 6.60. The fraction of sp³-hybridized carbons (Fsp3) is 0.667. The molecule has 0 aromatic carbocycles. The van der Waals surface area contributed by atoms with Crippen molar-refractivity contribution in [3.63, 3.8) is 0 Å². The molecule has 1 saturated carbocycles. The Kier molecular flexibility index (Phi) is 4.32. The number of esters is 1. The number of sulfonamides is 1. The number of methoxy groups -OCH3 is 1. The van der Waals surface area contributed by atoms with E-state index in [4.69, 9.17) is 0 Å². The van der Waals surface area contributed by atoms with Crippen molar-refractivity contribution in [1.82, 2.24) is 9.78 Å². The highest BCUT2D eigenvalue weighted by Gasteiger charge is 2.42. The van der Waals surface area contributed by atoms with E-state index >= 15 is 0 Å². The number of hydrogen-bond donors (Lipinski definition) is 1. The molecule has 1 aromatic heterocycles. The number of carbonyl (C=O) groups is 1. The summed E-state index contributed by atoms with van der Waals surface area (Å²) in [5.41, 5.74) is 0.419. The number of rotatable bonds is 5. The second-order valence-electron chi connectivity index (χ2n) is 4.83. The van der Waals surface area contributed by atoms with Crippen LogP contribution in [-0.4, -0.2) is 36.5 Å². The number of hydrogen-bond acceptors (Lipinski definition) is 5. The highest BCUT2D eigenvalue weighted by Crippen LogP contribution is 2.32. The summed E-state index contributed by atoms with van der Waals surface area (Å²) in [7, 11) is -2.34. The number of aromatic nitrogens is 2. The zero-order valence-corrected chi connectivity index (χ0v) is 12.4. The first-order chi connectivity index (χ1) is 9.47. The van der Waals surface area contributed by atoms with Crippen LogP contribution in [0, 0.1) is 5.92 Å². The van der Waals surface area contributed by atoms with Gasteiger partial charge in [0, 0.05) is 12.7 Å². The number of carbonyl (C=O) groups excluding carboxylic acids is 1. The van der Waals surface area contributed by atoms with Gasteiger partial charge in [0.1, 0.15) is 0 Å². The average Bonchev–Trinajstić information content (AvgIpc) is 3.05. The lowest BCUT2D eigenvalue weighted by molar-refractivity contribution is -0.145. The van der Waals surface area contributed by atoms with E-state index in [1.165, 1.54) is 13.3 Å². The van der Waals surface area contributed by atoms with E-state index in [9.17, 15) is 13.2 Å². The zero-order chi connectivity index (χ0) is 14.8. The smallest absolute Gasteiger partial charge is 0.310 e. The molecular weight excluding hydrogens is 282 g/mol. The van der Waals surface area contributed by atoms with E-state index in [0.29, 0.717) is 31.5 Å². The van der Waals surface area contributed by atoms with Crippen LogP contribution in [0.4, 0.5) is 5.69 Å². The maximum absolute atomic E-state index is 12.4. The SMILES string of the molecule is CCn1cc(NS(=O)(=O)C2CCCC2C(=O)OC)cn1. The van der Waals surface area contributed by atoms with E-state index in [1.807, 2.05) is 6.92 Å². The largest absolute Gasteiger partial charge is 0.469 e. The van der Waals surface area contributed by atoms with Crippen molar-refractivity contribution in [2.24, 2.45) is 5.92 Å². The second-order valence-corrected chi connectivity index (χ2v) is 6.73. The summed E-state index contributed by atoms with van der Waals surface area (Å²) < 4.78 is 33.6. The van der Waals surface area contributed by atoms with Crippen molar-refractivity contribution in [2.75, 3.05) is 11.8 Å². The molecule has 1 aliphatic rings. The molecule has 112 valence electrons. The number of nitrogens with one attached hydrogen (secondary N) is 1. The molecule has 0 bridgehead atoms. The maximum Gasteiger partial charge on any atom is 0.310 e. The quantitative estimate of drug-likeness (QED) is 0.819. The van der Waals surface area contributed by atoms with Crippen molar-refractivity contribution in [1.29, 1.82) is 0 Å². The van der Waals surface area contributed by atoms with Gasteiger partial charge in [-0.3, -0.25) is 14.2 Å². The number of anilines is 1. The number of nitrogens with zero attached hydrogens (tertiary/aromatic N) is 2. The van der Waals surface area contributed by atoms with E-state index in [2.05, 4.69) is 14.6 Å². The van der Waals surface area contributed by atoms with Crippen LogP contribution in [0.15, 0.2) is 12.4 Å². The summed E-state index contributed by atoms with van der Waals surface area (Å²) in [6.07, 6.45) is 4.81. The third-order valence-corrected chi connectivity index (χ3v) is 5.45. The molecule has 1 fully saturated rings. The standard InChI is InChI=1S/C12H19N3O4S/c1-3-15-8-9(7-13-15)14-20(17,18)11-6-4-5-10(11)12(16)19-2/h7-8,10-11,14H,3-6H2,1-2H3. The van der Waals surface area contributed by atoms with Gasteiger partial charge in [-0.1, -0.05) is 6.42 Å². The minimum absolute atomic E-state index is 0.419. The zero-order valence-electron chi connectivity index (χ0n) is 11.6. The Morgan fingerprint density at radius 3 is 2.90 bits per heavy atom. The lowest BCUT2D eigenvalue weighted by Gasteiger charge is -2.18. The van der Waals surface area contributed by atoms with Gasteiger partial charge in [0.05, 0.1) is 30.2 Å². The summed E-state index contributed by atoms with van der Waals surface area (Å²) in [6, 6.07) is 0.